The Bertz CT molecular complexity index is 844. The number of aryl methyl sites for hydroxylation is 2. The first-order valence-electron chi connectivity index (χ1n) is 10.3. The zero-order valence-corrected chi connectivity index (χ0v) is 18.0. The first kappa shape index (κ1) is 23.6. The molecule has 0 radical (unpaired) electrons. The average molecular weight is 412 g/mol. The number of carbonyl (C=O) groups excluding carboxylic acids is 2. The molecule has 0 aromatic heterocycles. The van der Waals surface area contributed by atoms with Crippen molar-refractivity contribution in [3.8, 4) is 5.75 Å². The van der Waals surface area contributed by atoms with Gasteiger partial charge in [-0.1, -0.05) is 37.3 Å². The lowest BCUT2D eigenvalue weighted by atomic mass is 9.91. The van der Waals surface area contributed by atoms with Crippen LogP contribution in [0.4, 0.5) is 0 Å². The molecule has 0 aliphatic rings. The number of ketones is 1. The van der Waals surface area contributed by atoms with Gasteiger partial charge in [0.05, 0.1) is 6.04 Å². The van der Waals surface area contributed by atoms with E-state index in [2.05, 4.69) is 5.32 Å². The Hall–Kier alpha value is -2.70. The number of Topliss-reactive ketones (excluding diaryl/α,β-unsaturated/α-hetero) is 1. The summed E-state index contributed by atoms with van der Waals surface area (Å²) < 4.78 is 0. The Labute approximate surface area is 178 Å². The first-order valence-corrected chi connectivity index (χ1v) is 10.3. The van der Waals surface area contributed by atoms with Crippen LogP contribution in [0.25, 0.3) is 0 Å². The number of nitrogens with one attached hydrogen (secondary N) is 1. The quantitative estimate of drug-likeness (QED) is 0.478. The van der Waals surface area contributed by atoms with E-state index in [1.165, 1.54) is 0 Å². The molecule has 0 saturated carbocycles. The number of phenols is 1. The van der Waals surface area contributed by atoms with E-state index in [1.54, 1.807) is 19.1 Å². The summed E-state index contributed by atoms with van der Waals surface area (Å²) in [6.07, 6.45) is 1.13. The van der Waals surface area contributed by atoms with Crippen molar-refractivity contribution in [1.29, 1.82) is 0 Å². The summed E-state index contributed by atoms with van der Waals surface area (Å²) in [6, 6.07) is 12.3. The number of benzene rings is 2. The van der Waals surface area contributed by atoms with Crippen LogP contribution in [-0.2, 0) is 22.4 Å². The zero-order chi connectivity index (χ0) is 22.3. The molecule has 6 N–H and O–H groups in total. The van der Waals surface area contributed by atoms with Crippen molar-refractivity contribution in [2.24, 2.45) is 17.4 Å². The fraction of sp³-hybridized carbons (Fsp3) is 0.417. The van der Waals surface area contributed by atoms with Crippen molar-refractivity contribution in [2.75, 3.05) is 6.54 Å². The lowest BCUT2D eigenvalue weighted by Gasteiger charge is -2.18. The van der Waals surface area contributed by atoms with E-state index in [1.807, 2.05) is 44.2 Å². The van der Waals surface area contributed by atoms with Gasteiger partial charge in [0.25, 0.3) is 0 Å². The van der Waals surface area contributed by atoms with Gasteiger partial charge in [-0.3, -0.25) is 9.59 Å². The fourth-order valence-electron chi connectivity index (χ4n) is 3.57. The van der Waals surface area contributed by atoms with Gasteiger partial charge < -0.3 is 21.9 Å². The van der Waals surface area contributed by atoms with Gasteiger partial charge in [0.1, 0.15) is 5.75 Å². The molecule has 30 heavy (non-hydrogen) atoms. The van der Waals surface area contributed by atoms with E-state index < -0.39 is 12.0 Å². The van der Waals surface area contributed by atoms with Crippen molar-refractivity contribution in [1.82, 2.24) is 5.32 Å². The Morgan fingerprint density at radius 3 is 2.23 bits per heavy atom. The molecule has 0 bridgehead atoms. The van der Waals surface area contributed by atoms with Crippen LogP contribution in [0.3, 0.4) is 0 Å². The Kier molecular flexibility index (Phi) is 8.57. The number of hydrogen-bond donors (Lipinski definition) is 4. The topological polar surface area (TPSA) is 118 Å². The lowest BCUT2D eigenvalue weighted by molar-refractivity contribution is -0.129. The third-order valence-electron chi connectivity index (χ3n) is 5.35. The van der Waals surface area contributed by atoms with Crippen LogP contribution in [-0.4, -0.2) is 35.4 Å². The molecule has 0 heterocycles. The molecule has 0 fully saturated rings. The second-order valence-corrected chi connectivity index (χ2v) is 8.14. The minimum absolute atomic E-state index is 0.0805. The van der Waals surface area contributed by atoms with Crippen LogP contribution in [0, 0.1) is 19.8 Å². The van der Waals surface area contributed by atoms with Gasteiger partial charge in [-0.25, -0.2) is 0 Å². The summed E-state index contributed by atoms with van der Waals surface area (Å²) in [4.78, 5) is 24.9. The van der Waals surface area contributed by atoms with Gasteiger partial charge in [0.2, 0.25) is 5.91 Å². The number of hydrogen-bond acceptors (Lipinski definition) is 5. The van der Waals surface area contributed by atoms with Gasteiger partial charge >= 0.3 is 0 Å². The van der Waals surface area contributed by atoms with E-state index in [-0.39, 0.29) is 29.9 Å². The Morgan fingerprint density at radius 2 is 1.63 bits per heavy atom. The second kappa shape index (κ2) is 10.9. The highest BCUT2D eigenvalue weighted by molar-refractivity contribution is 5.89. The minimum Gasteiger partial charge on any atom is -0.508 e. The predicted octanol–water partition coefficient (Wildman–Crippen LogP) is 2.16. The highest BCUT2D eigenvalue weighted by Gasteiger charge is 2.23. The maximum atomic E-state index is 12.6. The minimum atomic E-state index is -0.692. The van der Waals surface area contributed by atoms with Crippen LogP contribution in [0.1, 0.15) is 35.6 Å². The number of carbonyl (C=O) groups is 2. The smallest absolute Gasteiger partial charge is 0.223 e. The molecule has 162 valence electrons. The van der Waals surface area contributed by atoms with Gasteiger partial charge in [-0.15, -0.1) is 0 Å². The molecular formula is C24H33N3O3. The van der Waals surface area contributed by atoms with Gasteiger partial charge in [-0.05, 0) is 61.1 Å². The van der Waals surface area contributed by atoms with E-state index >= 15 is 0 Å². The van der Waals surface area contributed by atoms with Crippen LogP contribution in [0.5, 0.6) is 5.75 Å². The highest BCUT2D eigenvalue weighted by atomic mass is 16.3. The molecule has 3 atom stereocenters. The van der Waals surface area contributed by atoms with Crippen LogP contribution < -0.4 is 16.8 Å². The molecule has 1 amide bonds. The molecule has 2 aromatic rings. The average Bonchev–Trinajstić information content (AvgIpc) is 2.69. The lowest BCUT2D eigenvalue weighted by Crippen LogP contribution is -2.42. The van der Waals surface area contributed by atoms with Gasteiger partial charge in [-0.2, -0.15) is 0 Å². The Morgan fingerprint density at radius 1 is 1.03 bits per heavy atom. The summed E-state index contributed by atoms with van der Waals surface area (Å²) in [5.74, 6) is -0.631. The first-order chi connectivity index (χ1) is 14.2. The summed E-state index contributed by atoms with van der Waals surface area (Å²) in [5, 5.41) is 12.5. The van der Waals surface area contributed by atoms with Crippen LogP contribution in [0.2, 0.25) is 0 Å². The molecule has 2 rings (SSSR count). The van der Waals surface area contributed by atoms with E-state index in [4.69, 9.17) is 11.5 Å². The maximum absolute atomic E-state index is 12.6. The summed E-state index contributed by atoms with van der Waals surface area (Å²) in [5.41, 5.74) is 16.1. The highest BCUT2D eigenvalue weighted by Crippen LogP contribution is 2.22. The normalized spacial score (nSPS) is 14.0. The molecule has 6 heteroatoms. The van der Waals surface area contributed by atoms with Crippen molar-refractivity contribution in [3.05, 3.63) is 64.7 Å². The molecule has 0 saturated heterocycles. The largest absolute Gasteiger partial charge is 0.508 e. The van der Waals surface area contributed by atoms with Crippen molar-refractivity contribution < 1.29 is 14.7 Å². The second-order valence-electron chi connectivity index (χ2n) is 8.14. The SMILES string of the molecule is Cc1cc(O)cc(C)c1C[C@H](N)C(=O)C[C@H](C)C(=O)NC[C@@H](N)Cc1ccccc1. The van der Waals surface area contributed by atoms with Crippen molar-refractivity contribution >= 4 is 11.7 Å². The third kappa shape index (κ3) is 6.97. The molecule has 0 unspecified atom stereocenters. The molecule has 6 nitrogen and oxygen atoms in total. The van der Waals surface area contributed by atoms with Gasteiger partial charge in [0.15, 0.2) is 5.78 Å². The standard InChI is InChI=1S/C24H33N3O3/c1-15-9-20(28)10-16(2)21(15)13-22(26)23(29)11-17(3)24(30)27-14-19(25)12-18-7-5-4-6-8-18/h4-10,17,19,22,28H,11-14,25-26H2,1-3H3,(H,27,30)/t17-,19-,22-/m0/s1. The van der Waals surface area contributed by atoms with Crippen molar-refractivity contribution in [2.45, 2.75) is 52.1 Å². The predicted molar refractivity (Wildman–Crippen MR) is 119 cm³/mol. The van der Waals surface area contributed by atoms with E-state index in [9.17, 15) is 14.7 Å². The van der Waals surface area contributed by atoms with Gasteiger partial charge in [0, 0.05) is 24.9 Å². The summed E-state index contributed by atoms with van der Waals surface area (Å²) in [7, 11) is 0. The summed E-state index contributed by atoms with van der Waals surface area (Å²) in [6.45, 7) is 5.84. The molecule has 0 spiro atoms. The van der Waals surface area contributed by atoms with Crippen LogP contribution in [0.15, 0.2) is 42.5 Å². The maximum Gasteiger partial charge on any atom is 0.223 e. The van der Waals surface area contributed by atoms with Crippen LogP contribution >= 0.6 is 0 Å². The van der Waals surface area contributed by atoms with E-state index in [0.29, 0.717) is 19.4 Å². The molecule has 2 aromatic carbocycles. The molecule has 0 aliphatic carbocycles. The number of amides is 1. The fourth-order valence-corrected chi connectivity index (χ4v) is 3.57. The molecule has 0 aliphatic heterocycles. The summed E-state index contributed by atoms with van der Waals surface area (Å²) >= 11 is 0. The number of aromatic hydroxyl groups is 1. The zero-order valence-electron chi connectivity index (χ0n) is 18.0. The number of rotatable bonds is 10. The van der Waals surface area contributed by atoms with E-state index in [0.717, 1.165) is 22.3 Å². The number of nitrogens with two attached hydrogens (primary N) is 2. The number of phenolic OH excluding ortho intramolecular Hbond substituents is 1. The molecular weight excluding hydrogens is 378 g/mol. The van der Waals surface area contributed by atoms with Crippen molar-refractivity contribution in [3.63, 3.8) is 0 Å². The Balaban J connectivity index is 1.82. The third-order valence-corrected chi connectivity index (χ3v) is 5.35. The monoisotopic (exact) mass is 411 g/mol.